The van der Waals surface area contributed by atoms with E-state index in [0.29, 0.717) is 42.0 Å². The number of nitrogens with zero attached hydrogens (tertiary/aromatic N) is 2. The molecule has 3 heterocycles. The number of fused-ring (bicyclic) bond motifs is 1. The smallest absolute Gasteiger partial charge is 0.313 e. The summed E-state index contributed by atoms with van der Waals surface area (Å²) in [6.45, 7) is 9.10. The van der Waals surface area contributed by atoms with Gasteiger partial charge in [0.05, 0.1) is 53.9 Å². The summed E-state index contributed by atoms with van der Waals surface area (Å²) in [5, 5.41) is 13.7. The third-order valence-corrected chi connectivity index (χ3v) is 10.4. The highest BCUT2D eigenvalue weighted by Crippen LogP contribution is 2.59. The second-order valence-electron chi connectivity index (χ2n) is 13.0. The molecule has 0 saturated carbocycles. The van der Waals surface area contributed by atoms with Crippen LogP contribution in [0.1, 0.15) is 50.7 Å². The maximum absolute atomic E-state index is 14.8. The SMILES string of the molecule is C=CCCC(=O)N[C@@H](COC)[C@@H](OC(=O)[C@@H]1[C@H]2C(=O)N([C@@H](CC)CO)[C@H](C(=O)N(CC=C)c3ccccc3Cl)[C@]23CC[C@H]1O3)c1ccccc1. The van der Waals surface area contributed by atoms with Crippen molar-refractivity contribution in [3.05, 3.63) is 90.5 Å². The largest absolute Gasteiger partial charge is 0.455 e. The van der Waals surface area contributed by atoms with E-state index in [9.17, 15) is 24.3 Å². The number of likely N-dealkylation sites (tertiary alicyclic amines) is 1. The van der Waals surface area contributed by atoms with Crippen molar-refractivity contribution in [2.24, 2.45) is 11.8 Å². The number of para-hydroxylation sites is 1. The number of nitrogens with one attached hydrogen (secondary N) is 1. The maximum atomic E-state index is 14.8. The average Bonchev–Trinajstić information content (AvgIpc) is 3.77. The number of carbonyl (C=O) groups excluding carboxylic acids is 4. The van der Waals surface area contributed by atoms with Crippen molar-refractivity contribution < 1.29 is 38.5 Å². The molecule has 0 aromatic heterocycles. The second kappa shape index (κ2) is 16.3. The van der Waals surface area contributed by atoms with Crippen molar-refractivity contribution in [2.45, 2.75) is 75.0 Å². The molecule has 2 N–H and O–H groups in total. The molecule has 3 aliphatic heterocycles. The number of aliphatic hydroxyl groups is 1. The van der Waals surface area contributed by atoms with Crippen LogP contribution < -0.4 is 10.2 Å². The van der Waals surface area contributed by atoms with E-state index in [1.54, 1.807) is 60.7 Å². The zero-order valence-corrected chi connectivity index (χ0v) is 29.3. The van der Waals surface area contributed by atoms with Crippen LogP contribution >= 0.6 is 11.6 Å². The highest BCUT2D eigenvalue weighted by molar-refractivity contribution is 6.34. The predicted molar refractivity (Wildman–Crippen MR) is 188 cm³/mol. The number of amides is 3. The van der Waals surface area contributed by atoms with Crippen LogP contribution in [0.25, 0.3) is 0 Å². The molecule has 11 nitrogen and oxygen atoms in total. The lowest BCUT2D eigenvalue weighted by Crippen LogP contribution is -2.59. The standard InChI is InChI=1S/C38H46ClN3O8/c1-5-8-18-30(44)40-27(23-48-4)33(24-14-10-9-11-15-24)49-37(47)31-29-19-20-38(50-29)32(31)35(45)42(25(7-3)22-43)34(38)36(46)41(21-6-2)28-17-13-12-16-26(28)39/h5-6,9-17,25,27,29,31-34,43H,1-2,7-8,18-23H2,3-4H3,(H,40,44)/t25-,27-,29+,31-,32-,33-,34+,38-/m0/s1. The van der Waals surface area contributed by atoms with E-state index in [4.69, 9.17) is 25.8 Å². The Labute approximate surface area is 298 Å². The van der Waals surface area contributed by atoms with E-state index in [2.05, 4.69) is 18.5 Å². The molecular weight excluding hydrogens is 662 g/mol. The quantitative estimate of drug-likeness (QED) is 0.183. The average molecular weight is 708 g/mol. The molecule has 268 valence electrons. The minimum atomic E-state index is -1.35. The first-order chi connectivity index (χ1) is 24.2. The molecule has 3 aliphatic rings. The zero-order chi connectivity index (χ0) is 36.0. The van der Waals surface area contributed by atoms with E-state index in [1.165, 1.54) is 16.9 Å². The summed E-state index contributed by atoms with van der Waals surface area (Å²) in [6.07, 6.45) is 3.38. The van der Waals surface area contributed by atoms with Gasteiger partial charge >= 0.3 is 5.97 Å². The normalized spacial score (nSPS) is 25.4. The van der Waals surface area contributed by atoms with Crippen LogP contribution in [0.2, 0.25) is 5.02 Å². The van der Waals surface area contributed by atoms with Crippen molar-refractivity contribution in [3.63, 3.8) is 0 Å². The highest BCUT2D eigenvalue weighted by atomic mass is 35.5. The summed E-state index contributed by atoms with van der Waals surface area (Å²) in [7, 11) is 1.49. The number of esters is 1. The maximum Gasteiger partial charge on any atom is 0.313 e. The molecule has 3 amide bonds. The molecule has 3 fully saturated rings. The minimum Gasteiger partial charge on any atom is -0.455 e. The number of carbonyl (C=O) groups is 4. The van der Waals surface area contributed by atoms with E-state index in [-0.39, 0.29) is 32.1 Å². The third-order valence-electron chi connectivity index (χ3n) is 10.0. The molecule has 0 radical (unpaired) electrons. The fraction of sp³-hybridized carbons (Fsp3) is 0.474. The lowest BCUT2D eigenvalue weighted by Gasteiger charge is -2.39. The van der Waals surface area contributed by atoms with Gasteiger partial charge in [0.15, 0.2) is 0 Å². The van der Waals surface area contributed by atoms with Crippen LogP contribution in [0, 0.1) is 11.8 Å². The van der Waals surface area contributed by atoms with Gasteiger partial charge in [-0.1, -0.05) is 73.1 Å². The first-order valence-electron chi connectivity index (χ1n) is 17.1. The number of methoxy groups -OCH3 is 1. The molecule has 5 rings (SSSR count). The monoisotopic (exact) mass is 707 g/mol. The summed E-state index contributed by atoms with van der Waals surface area (Å²) >= 11 is 6.56. The van der Waals surface area contributed by atoms with Gasteiger partial charge < -0.3 is 34.4 Å². The van der Waals surface area contributed by atoms with Crippen molar-refractivity contribution in [1.29, 1.82) is 0 Å². The Hall–Kier alpha value is -4.03. The number of aliphatic hydroxyl groups excluding tert-OH is 1. The highest BCUT2D eigenvalue weighted by Gasteiger charge is 2.75. The van der Waals surface area contributed by atoms with Crippen LogP contribution in [0.4, 0.5) is 5.69 Å². The van der Waals surface area contributed by atoms with Gasteiger partial charge in [0, 0.05) is 20.1 Å². The van der Waals surface area contributed by atoms with Crippen LogP contribution in [-0.2, 0) is 33.4 Å². The molecule has 8 atom stereocenters. The van der Waals surface area contributed by atoms with Crippen molar-refractivity contribution >= 4 is 41.0 Å². The number of allylic oxidation sites excluding steroid dienone is 1. The molecule has 2 aromatic rings. The number of anilines is 1. The van der Waals surface area contributed by atoms with Crippen LogP contribution in [-0.4, -0.2) is 90.4 Å². The predicted octanol–water partition coefficient (Wildman–Crippen LogP) is 4.39. The fourth-order valence-corrected chi connectivity index (χ4v) is 8.06. The minimum absolute atomic E-state index is 0.0454. The Kier molecular flexibility index (Phi) is 12.2. The van der Waals surface area contributed by atoms with Crippen LogP contribution in [0.5, 0.6) is 0 Å². The van der Waals surface area contributed by atoms with E-state index < -0.39 is 65.6 Å². The fourth-order valence-electron chi connectivity index (χ4n) is 7.83. The molecule has 12 heteroatoms. The summed E-state index contributed by atoms with van der Waals surface area (Å²) in [5.74, 6) is -3.91. The van der Waals surface area contributed by atoms with Crippen molar-refractivity contribution in [2.75, 3.05) is 31.8 Å². The molecule has 2 aromatic carbocycles. The lowest BCUT2D eigenvalue weighted by molar-refractivity contribution is -0.163. The summed E-state index contributed by atoms with van der Waals surface area (Å²) in [4.78, 5) is 59.6. The Balaban J connectivity index is 1.52. The molecule has 3 saturated heterocycles. The Bertz CT molecular complexity index is 1570. The Morgan fingerprint density at radius 2 is 1.88 bits per heavy atom. The van der Waals surface area contributed by atoms with E-state index in [1.807, 2.05) is 13.0 Å². The molecule has 0 unspecified atom stereocenters. The van der Waals surface area contributed by atoms with E-state index in [0.717, 1.165) is 0 Å². The summed E-state index contributed by atoms with van der Waals surface area (Å²) in [6, 6.07) is 13.3. The van der Waals surface area contributed by atoms with Gasteiger partial charge in [-0.3, -0.25) is 19.2 Å². The van der Waals surface area contributed by atoms with Gasteiger partial charge in [-0.05, 0) is 43.4 Å². The number of rotatable bonds is 17. The molecule has 50 heavy (non-hydrogen) atoms. The lowest BCUT2D eigenvalue weighted by atomic mass is 9.70. The molecular formula is C38H46ClN3O8. The number of halogens is 1. The number of hydrogen-bond donors (Lipinski definition) is 2. The van der Waals surface area contributed by atoms with Crippen molar-refractivity contribution in [1.82, 2.24) is 10.2 Å². The Morgan fingerprint density at radius 1 is 1.16 bits per heavy atom. The first-order valence-corrected chi connectivity index (χ1v) is 17.5. The molecule has 2 bridgehead atoms. The van der Waals surface area contributed by atoms with Crippen LogP contribution in [0.3, 0.4) is 0 Å². The van der Waals surface area contributed by atoms with Gasteiger partial charge in [0.2, 0.25) is 11.8 Å². The van der Waals surface area contributed by atoms with Gasteiger partial charge in [-0.25, -0.2) is 0 Å². The second-order valence-corrected chi connectivity index (χ2v) is 13.4. The van der Waals surface area contributed by atoms with Crippen LogP contribution in [0.15, 0.2) is 79.9 Å². The first kappa shape index (κ1) is 37.2. The summed E-state index contributed by atoms with van der Waals surface area (Å²) in [5.41, 5.74) is -0.278. The van der Waals surface area contributed by atoms with E-state index >= 15 is 0 Å². The number of benzene rings is 2. The van der Waals surface area contributed by atoms with Gasteiger partial charge in [0.1, 0.15) is 17.7 Å². The van der Waals surface area contributed by atoms with Crippen molar-refractivity contribution in [3.8, 4) is 0 Å². The topological polar surface area (TPSA) is 135 Å². The molecule has 0 aliphatic carbocycles. The Morgan fingerprint density at radius 3 is 2.52 bits per heavy atom. The van der Waals surface area contributed by atoms with Gasteiger partial charge in [-0.2, -0.15) is 0 Å². The number of ether oxygens (including phenoxy) is 3. The van der Waals surface area contributed by atoms with Gasteiger partial charge in [0.25, 0.3) is 5.91 Å². The third kappa shape index (κ3) is 6.96. The zero-order valence-electron chi connectivity index (χ0n) is 28.5. The summed E-state index contributed by atoms with van der Waals surface area (Å²) < 4.78 is 18.4. The number of hydrogen-bond acceptors (Lipinski definition) is 8. The van der Waals surface area contributed by atoms with Gasteiger partial charge in [-0.15, -0.1) is 13.2 Å². The molecule has 1 spiro atoms.